The lowest BCUT2D eigenvalue weighted by molar-refractivity contribution is 0.110. The molecular weight excluding hydrogens is 394 g/mol. The topological polar surface area (TPSA) is 95.9 Å². The molecule has 4 heterocycles. The van der Waals surface area contributed by atoms with Crippen molar-refractivity contribution in [2.75, 3.05) is 6.61 Å². The summed E-state index contributed by atoms with van der Waals surface area (Å²) in [5.74, 6) is 0.973. The maximum atomic E-state index is 12.6. The summed E-state index contributed by atoms with van der Waals surface area (Å²) >= 11 is 5.95. The Labute approximate surface area is 170 Å². The summed E-state index contributed by atoms with van der Waals surface area (Å²) in [5.41, 5.74) is 1.45. The molecule has 0 N–H and O–H groups in total. The normalized spacial score (nSPS) is 19.1. The SMILES string of the molecule is O=c1c2ccncc2ncn1Cc1nc([C@@H]2CO[C@@H](c3ccc(Cl)cc3)C2)no1. The van der Waals surface area contributed by atoms with Crippen LogP contribution in [-0.4, -0.2) is 31.3 Å². The average Bonchev–Trinajstić information content (AvgIpc) is 3.41. The fourth-order valence-electron chi connectivity index (χ4n) is 3.48. The molecule has 0 spiro atoms. The Balaban J connectivity index is 1.32. The highest BCUT2D eigenvalue weighted by atomic mass is 35.5. The summed E-state index contributed by atoms with van der Waals surface area (Å²) in [4.78, 5) is 25.3. The van der Waals surface area contributed by atoms with Gasteiger partial charge >= 0.3 is 0 Å². The van der Waals surface area contributed by atoms with Crippen LogP contribution in [0.15, 0.2) is 58.4 Å². The van der Waals surface area contributed by atoms with Crippen molar-refractivity contribution in [3.63, 3.8) is 0 Å². The highest BCUT2D eigenvalue weighted by Gasteiger charge is 2.31. The van der Waals surface area contributed by atoms with Crippen molar-refractivity contribution >= 4 is 22.5 Å². The van der Waals surface area contributed by atoms with Crippen LogP contribution in [0.4, 0.5) is 0 Å². The molecule has 8 nitrogen and oxygen atoms in total. The van der Waals surface area contributed by atoms with Crippen LogP contribution in [0.3, 0.4) is 0 Å². The number of hydrogen-bond acceptors (Lipinski definition) is 7. The zero-order valence-electron chi connectivity index (χ0n) is 15.2. The Morgan fingerprint density at radius 3 is 2.93 bits per heavy atom. The van der Waals surface area contributed by atoms with Crippen LogP contribution in [0.25, 0.3) is 10.9 Å². The minimum absolute atomic E-state index is 0.0277. The summed E-state index contributed by atoms with van der Waals surface area (Å²) in [7, 11) is 0. The van der Waals surface area contributed by atoms with Gasteiger partial charge in [-0.05, 0) is 30.2 Å². The second-order valence-electron chi connectivity index (χ2n) is 6.92. The van der Waals surface area contributed by atoms with Crippen molar-refractivity contribution in [2.24, 2.45) is 0 Å². The van der Waals surface area contributed by atoms with Crippen LogP contribution in [0.1, 0.15) is 35.7 Å². The molecule has 29 heavy (non-hydrogen) atoms. The molecule has 1 fully saturated rings. The number of benzene rings is 1. The first-order valence-corrected chi connectivity index (χ1v) is 9.54. The molecule has 0 aliphatic carbocycles. The molecule has 3 aromatic heterocycles. The first-order valence-electron chi connectivity index (χ1n) is 9.16. The molecule has 4 aromatic rings. The number of rotatable bonds is 4. The quantitative estimate of drug-likeness (QED) is 0.510. The third-order valence-electron chi connectivity index (χ3n) is 5.02. The molecule has 9 heteroatoms. The molecule has 1 saturated heterocycles. The molecule has 1 aliphatic heterocycles. The van der Waals surface area contributed by atoms with Gasteiger partial charge in [-0.3, -0.25) is 14.3 Å². The third kappa shape index (κ3) is 3.52. The largest absolute Gasteiger partial charge is 0.373 e. The van der Waals surface area contributed by atoms with E-state index >= 15 is 0 Å². The van der Waals surface area contributed by atoms with E-state index in [4.69, 9.17) is 20.9 Å². The van der Waals surface area contributed by atoms with Crippen molar-refractivity contribution in [1.29, 1.82) is 0 Å². The van der Waals surface area contributed by atoms with Crippen molar-refractivity contribution in [3.8, 4) is 0 Å². The van der Waals surface area contributed by atoms with Gasteiger partial charge in [0.05, 0.1) is 36.1 Å². The Kier molecular flexibility index (Phi) is 4.57. The van der Waals surface area contributed by atoms with Gasteiger partial charge in [-0.25, -0.2) is 4.98 Å². The monoisotopic (exact) mass is 409 g/mol. The number of ether oxygens (including phenoxy) is 1. The van der Waals surface area contributed by atoms with Crippen LogP contribution >= 0.6 is 11.6 Å². The van der Waals surface area contributed by atoms with Gasteiger partial charge in [0.15, 0.2) is 5.82 Å². The van der Waals surface area contributed by atoms with E-state index in [0.717, 1.165) is 12.0 Å². The fraction of sp³-hybridized carbons (Fsp3) is 0.250. The minimum Gasteiger partial charge on any atom is -0.373 e. The third-order valence-corrected chi connectivity index (χ3v) is 5.27. The molecule has 0 unspecified atom stereocenters. The Bertz CT molecular complexity index is 1220. The lowest BCUT2D eigenvalue weighted by atomic mass is 10.0. The number of hydrogen-bond donors (Lipinski definition) is 0. The molecule has 5 rings (SSSR count). The Hall–Kier alpha value is -3.10. The molecule has 0 bridgehead atoms. The van der Waals surface area contributed by atoms with Crippen LogP contribution < -0.4 is 5.56 Å². The zero-order valence-corrected chi connectivity index (χ0v) is 16.0. The zero-order chi connectivity index (χ0) is 19.8. The highest BCUT2D eigenvalue weighted by Crippen LogP contribution is 2.37. The van der Waals surface area contributed by atoms with Crippen LogP contribution in [0.5, 0.6) is 0 Å². The molecule has 1 aliphatic rings. The molecule has 0 amide bonds. The van der Waals surface area contributed by atoms with Gasteiger partial charge in [-0.1, -0.05) is 28.9 Å². The number of aromatic nitrogens is 5. The standard InChI is InChI=1S/C20H16ClN5O3/c21-14-3-1-12(2-4-14)17-7-13(10-28-17)19-24-18(29-25-19)9-26-11-23-16-8-22-6-5-15(16)20(26)27/h1-6,8,11,13,17H,7,9-10H2/t13-,17+/m0/s1. The maximum Gasteiger partial charge on any atom is 0.261 e. The van der Waals surface area contributed by atoms with Crippen molar-refractivity contribution in [2.45, 2.75) is 25.0 Å². The van der Waals surface area contributed by atoms with E-state index < -0.39 is 0 Å². The molecular formula is C20H16ClN5O3. The summed E-state index contributed by atoms with van der Waals surface area (Å²) in [6.45, 7) is 0.669. The smallest absolute Gasteiger partial charge is 0.261 e. The summed E-state index contributed by atoms with van der Waals surface area (Å²) in [5, 5.41) is 5.29. The maximum absolute atomic E-state index is 12.6. The van der Waals surface area contributed by atoms with E-state index in [1.165, 1.54) is 10.9 Å². The number of halogens is 1. The molecule has 0 radical (unpaired) electrons. The number of fused-ring (bicyclic) bond motifs is 1. The van der Waals surface area contributed by atoms with Gasteiger partial charge in [0.2, 0.25) is 5.89 Å². The molecule has 146 valence electrons. The van der Waals surface area contributed by atoms with Gasteiger partial charge < -0.3 is 9.26 Å². The van der Waals surface area contributed by atoms with E-state index in [9.17, 15) is 4.79 Å². The van der Waals surface area contributed by atoms with E-state index in [1.54, 1.807) is 18.5 Å². The number of pyridine rings is 1. The first-order chi connectivity index (χ1) is 14.2. The van der Waals surface area contributed by atoms with Crippen LogP contribution in [0.2, 0.25) is 5.02 Å². The van der Waals surface area contributed by atoms with E-state index in [2.05, 4.69) is 20.1 Å². The lowest BCUT2D eigenvalue weighted by Gasteiger charge is -2.09. The predicted octanol–water partition coefficient (Wildman–Crippen LogP) is 3.12. The minimum atomic E-state index is -0.177. The molecule has 1 aromatic carbocycles. The second-order valence-corrected chi connectivity index (χ2v) is 7.36. The van der Waals surface area contributed by atoms with Crippen molar-refractivity contribution < 1.29 is 9.26 Å². The van der Waals surface area contributed by atoms with Crippen LogP contribution in [-0.2, 0) is 11.3 Å². The van der Waals surface area contributed by atoms with E-state index in [-0.39, 0.29) is 24.1 Å². The van der Waals surface area contributed by atoms with E-state index in [0.29, 0.717) is 34.2 Å². The van der Waals surface area contributed by atoms with Crippen molar-refractivity contribution in [3.05, 3.63) is 81.7 Å². The van der Waals surface area contributed by atoms with Gasteiger partial charge in [-0.15, -0.1) is 0 Å². The molecule has 0 saturated carbocycles. The van der Waals surface area contributed by atoms with Crippen LogP contribution in [0, 0.1) is 0 Å². The Morgan fingerprint density at radius 1 is 1.21 bits per heavy atom. The van der Waals surface area contributed by atoms with E-state index in [1.807, 2.05) is 24.3 Å². The second kappa shape index (κ2) is 7.38. The lowest BCUT2D eigenvalue weighted by Crippen LogP contribution is -2.21. The van der Waals surface area contributed by atoms with Gasteiger partial charge in [0.25, 0.3) is 5.56 Å². The average molecular weight is 410 g/mol. The summed E-state index contributed by atoms with van der Waals surface area (Å²) in [6.07, 6.45) is 5.32. The molecule has 2 atom stereocenters. The summed E-state index contributed by atoms with van der Waals surface area (Å²) in [6, 6.07) is 9.28. The van der Waals surface area contributed by atoms with Gasteiger partial charge in [-0.2, -0.15) is 4.98 Å². The first kappa shape index (κ1) is 18.0. The van der Waals surface area contributed by atoms with Gasteiger partial charge in [0.1, 0.15) is 6.54 Å². The van der Waals surface area contributed by atoms with Gasteiger partial charge in [0, 0.05) is 17.1 Å². The van der Waals surface area contributed by atoms with Crippen molar-refractivity contribution in [1.82, 2.24) is 24.7 Å². The predicted molar refractivity (Wildman–Crippen MR) is 105 cm³/mol. The highest BCUT2D eigenvalue weighted by molar-refractivity contribution is 6.30. The number of nitrogens with zero attached hydrogens (tertiary/aromatic N) is 5. The fourth-order valence-corrected chi connectivity index (χ4v) is 3.61. The summed E-state index contributed by atoms with van der Waals surface area (Å²) < 4.78 is 12.7. The Morgan fingerprint density at radius 2 is 2.07 bits per heavy atom.